The molecule has 1 heterocycles. The second-order valence-electron chi connectivity index (χ2n) is 4.38. The number of phenolic OH excluding ortho intramolecular Hbond substituents is 1. The molecule has 2 amide bonds. The predicted octanol–water partition coefficient (Wildman–Crippen LogP) is 1.58. The molecule has 1 atom stereocenters. The van der Waals surface area contributed by atoms with Crippen molar-refractivity contribution in [1.29, 1.82) is 0 Å². The Morgan fingerprint density at radius 1 is 1.35 bits per heavy atom. The second-order valence-corrected chi connectivity index (χ2v) is 4.38. The lowest BCUT2D eigenvalue weighted by molar-refractivity contribution is -0.139. The molecule has 0 saturated carbocycles. The number of carbonyl (C=O) groups excluding carboxylic acids is 2. The van der Waals surface area contributed by atoms with Gasteiger partial charge in [0.15, 0.2) is 0 Å². The van der Waals surface area contributed by atoms with E-state index in [1.165, 1.54) is 12.1 Å². The van der Waals surface area contributed by atoms with Gasteiger partial charge in [0.05, 0.1) is 18.2 Å². The molecule has 20 heavy (non-hydrogen) atoms. The minimum Gasteiger partial charge on any atom is -0.508 e. The summed E-state index contributed by atoms with van der Waals surface area (Å²) in [6.45, 7) is 3.63. The van der Waals surface area contributed by atoms with Gasteiger partial charge in [0.1, 0.15) is 5.75 Å². The molecule has 0 bridgehead atoms. The minimum absolute atomic E-state index is 0.118. The molecule has 2 rings (SSSR count). The van der Waals surface area contributed by atoms with Gasteiger partial charge in [-0.25, -0.2) is 9.59 Å². The number of nitrogens with one attached hydrogen (secondary N) is 2. The molecule has 0 spiro atoms. The zero-order chi connectivity index (χ0) is 14.7. The molecule has 106 valence electrons. The Balaban J connectivity index is 2.41. The van der Waals surface area contributed by atoms with E-state index in [2.05, 4.69) is 10.6 Å². The third-order valence-corrected chi connectivity index (χ3v) is 2.99. The first-order chi connectivity index (χ1) is 9.52. The van der Waals surface area contributed by atoms with Gasteiger partial charge in [-0.05, 0) is 31.5 Å². The average Bonchev–Trinajstić information content (AvgIpc) is 2.38. The van der Waals surface area contributed by atoms with Crippen LogP contribution in [0.5, 0.6) is 5.75 Å². The molecule has 1 aliphatic heterocycles. The highest BCUT2D eigenvalue weighted by Gasteiger charge is 2.31. The van der Waals surface area contributed by atoms with Gasteiger partial charge >= 0.3 is 12.0 Å². The number of ether oxygens (including phenoxy) is 1. The van der Waals surface area contributed by atoms with Gasteiger partial charge in [-0.3, -0.25) is 0 Å². The zero-order valence-corrected chi connectivity index (χ0v) is 11.3. The maximum Gasteiger partial charge on any atom is 0.338 e. The van der Waals surface area contributed by atoms with Crippen molar-refractivity contribution < 1.29 is 19.4 Å². The number of rotatable bonds is 3. The molecule has 0 radical (unpaired) electrons. The number of benzene rings is 1. The van der Waals surface area contributed by atoms with Crippen molar-refractivity contribution in [2.75, 3.05) is 6.61 Å². The van der Waals surface area contributed by atoms with Crippen LogP contribution in [0.1, 0.15) is 25.5 Å². The van der Waals surface area contributed by atoms with Crippen LogP contribution in [0.2, 0.25) is 0 Å². The van der Waals surface area contributed by atoms with Gasteiger partial charge in [0.2, 0.25) is 0 Å². The Bertz CT molecular complexity index is 563. The standard InChI is InChI=1S/C14H16N2O4/c1-3-20-13(18)11-8(2)15-14(19)16-12(11)9-4-6-10(17)7-5-9/h4-7,12,17H,3H2,1-2H3,(H2,15,16,19)/t12-/m0/s1. The molecule has 0 unspecified atom stereocenters. The summed E-state index contributed by atoms with van der Waals surface area (Å²) in [6, 6.07) is 5.33. The minimum atomic E-state index is -0.594. The molecule has 1 aliphatic rings. The van der Waals surface area contributed by atoms with E-state index in [0.29, 0.717) is 16.8 Å². The molecule has 0 fully saturated rings. The largest absolute Gasteiger partial charge is 0.508 e. The smallest absolute Gasteiger partial charge is 0.338 e. The summed E-state index contributed by atoms with van der Waals surface area (Å²) in [5.41, 5.74) is 1.52. The first-order valence-electron chi connectivity index (χ1n) is 6.27. The van der Waals surface area contributed by atoms with Crippen molar-refractivity contribution in [3.8, 4) is 5.75 Å². The Labute approximate surface area is 116 Å². The number of hydrogen-bond acceptors (Lipinski definition) is 4. The number of carbonyl (C=O) groups is 2. The normalized spacial score (nSPS) is 18.3. The van der Waals surface area contributed by atoms with Crippen molar-refractivity contribution in [1.82, 2.24) is 10.6 Å². The fourth-order valence-corrected chi connectivity index (χ4v) is 2.09. The molecule has 0 aliphatic carbocycles. The van der Waals surface area contributed by atoms with Crippen LogP contribution >= 0.6 is 0 Å². The first kappa shape index (κ1) is 13.9. The number of urea groups is 1. The predicted molar refractivity (Wildman–Crippen MR) is 71.8 cm³/mol. The molecular weight excluding hydrogens is 260 g/mol. The third-order valence-electron chi connectivity index (χ3n) is 2.99. The molecule has 1 aromatic carbocycles. The maximum atomic E-state index is 12.0. The monoisotopic (exact) mass is 276 g/mol. The number of phenols is 1. The molecule has 3 N–H and O–H groups in total. The zero-order valence-electron chi connectivity index (χ0n) is 11.3. The van der Waals surface area contributed by atoms with Crippen LogP contribution in [-0.4, -0.2) is 23.7 Å². The highest BCUT2D eigenvalue weighted by molar-refractivity contribution is 5.95. The van der Waals surface area contributed by atoms with Crippen LogP contribution < -0.4 is 10.6 Å². The van der Waals surface area contributed by atoms with Crippen molar-refractivity contribution in [2.45, 2.75) is 19.9 Å². The van der Waals surface area contributed by atoms with Crippen LogP contribution in [0.25, 0.3) is 0 Å². The quantitative estimate of drug-likeness (QED) is 0.731. The van der Waals surface area contributed by atoms with Crippen molar-refractivity contribution in [2.24, 2.45) is 0 Å². The lowest BCUT2D eigenvalue weighted by Crippen LogP contribution is -2.45. The van der Waals surface area contributed by atoms with Crippen LogP contribution in [0.4, 0.5) is 4.79 Å². The lowest BCUT2D eigenvalue weighted by Gasteiger charge is -2.28. The fraction of sp³-hybridized carbons (Fsp3) is 0.286. The highest BCUT2D eigenvalue weighted by atomic mass is 16.5. The van der Waals surface area contributed by atoms with E-state index in [1.54, 1.807) is 26.0 Å². The van der Waals surface area contributed by atoms with E-state index >= 15 is 0 Å². The average molecular weight is 276 g/mol. The van der Waals surface area contributed by atoms with Crippen molar-refractivity contribution >= 4 is 12.0 Å². The van der Waals surface area contributed by atoms with E-state index in [4.69, 9.17) is 4.74 Å². The van der Waals surface area contributed by atoms with E-state index < -0.39 is 12.0 Å². The van der Waals surface area contributed by atoms with Gasteiger partial charge in [0, 0.05) is 5.70 Å². The number of amides is 2. The fourth-order valence-electron chi connectivity index (χ4n) is 2.09. The number of aromatic hydroxyl groups is 1. The Hall–Kier alpha value is -2.50. The van der Waals surface area contributed by atoms with Gasteiger partial charge < -0.3 is 20.5 Å². The Morgan fingerprint density at radius 2 is 2.00 bits per heavy atom. The van der Waals surface area contributed by atoms with Crippen LogP contribution in [0.15, 0.2) is 35.5 Å². The van der Waals surface area contributed by atoms with Gasteiger partial charge in [-0.2, -0.15) is 0 Å². The summed E-state index contributed by atoms with van der Waals surface area (Å²) in [5, 5.41) is 14.6. The summed E-state index contributed by atoms with van der Waals surface area (Å²) < 4.78 is 5.02. The number of hydrogen-bond donors (Lipinski definition) is 3. The maximum absolute atomic E-state index is 12.0. The molecule has 1 aromatic rings. The van der Waals surface area contributed by atoms with Crippen molar-refractivity contribution in [3.63, 3.8) is 0 Å². The number of allylic oxidation sites excluding steroid dienone is 1. The van der Waals surface area contributed by atoms with Crippen LogP contribution in [0.3, 0.4) is 0 Å². The van der Waals surface area contributed by atoms with E-state index in [-0.39, 0.29) is 18.4 Å². The van der Waals surface area contributed by atoms with Gasteiger partial charge in [-0.1, -0.05) is 12.1 Å². The second kappa shape index (κ2) is 5.64. The Kier molecular flexibility index (Phi) is 3.93. The third kappa shape index (κ3) is 2.74. The molecule has 6 nitrogen and oxygen atoms in total. The topological polar surface area (TPSA) is 87.7 Å². The molecular formula is C14H16N2O4. The van der Waals surface area contributed by atoms with Gasteiger partial charge in [-0.15, -0.1) is 0 Å². The van der Waals surface area contributed by atoms with Crippen molar-refractivity contribution in [3.05, 3.63) is 41.1 Å². The summed E-state index contributed by atoms with van der Waals surface area (Å²) in [6.07, 6.45) is 0. The van der Waals surface area contributed by atoms with E-state index in [0.717, 1.165) is 0 Å². The summed E-state index contributed by atoms with van der Waals surface area (Å²) >= 11 is 0. The summed E-state index contributed by atoms with van der Waals surface area (Å²) in [7, 11) is 0. The SMILES string of the molecule is CCOC(=O)C1=C(C)NC(=O)N[C@H]1c1ccc(O)cc1. The molecule has 6 heteroatoms. The molecule has 0 saturated heterocycles. The summed E-state index contributed by atoms with van der Waals surface area (Å²) in [5.74, 6) is -0.358. The lowest BCUT2D eigenvalue weighted by atomic mass is 9.95. The Morgan fingerprint density at radius 3 is 2.60 bits per heavy atom. The summed E-state index contributed by atoms with van der Waals surface area (Å²) in [4.78, 5) is 23.6. The van der Waals surface area contributed by atoms with Gasteiger partial charge in [0.25, 0.3) is 0 Å². The van der Waals surface area contributed by atoms with E-state index in [1.807, 2.05) is 0 Å². The van der Waals surface area contributed by atoms with Crippen LogP contribution in [0, 0.1) is 0 Å². The number of esters is 1. The van der Waals surface area contributed by atoms with Crippen LogP contribution in [-0.2, 0) is 9.53 Å². The van der Waals surface area contributed by atoms with E-state index in [9.17, 15) is 14.7 Å². The molecule has 0 aromatic heterocycles. The first-order valence-corrected chi connectivity index (χ1v) is 6.27. The highest BCUT2D eigenvalue weighted by Crippen LogP contribution is 2.28.